The maximum absolute atomic E-state index is 13.4. The number of hydrogen-bond acceptors (Lipinski definition) is 6. The lowest BCUT2D eigenvalue weighted by Crippen LogP contribution is -2.14. The maximum atomic E-state index is 13.4. The zero-order chi connectivity index (χ0) is 21.1. The smallest absolute Gasteiger partial charge is 0.228 e. The van der Waals surface area contributed by atoms with Crippen LogP contribution in [0.1, 0.15) is 29.7 Å². The van der Waals surface area contributed by atoms with Crippen molar-refractivity contribution in [3.8, 4) is 17.6 Å². The molecule has 0 unspecified atom stereocenters. The minimum absolute atomic E-state index is 0.0209. The van der Waals surface area contributed by atoms with E-state index >= 15 is 0 Å². The average molecular weight is 405 g/mol. The van der Waals surface area contributed by atoms with E-state index < -0.39 is 6.67 Å². The number of nitrogens with zero attached hydrogens (tertiary/aromatic N) is 3. The molecule has 1 fully saturated rings. The molecule has 8 heteroatoms. The third-order valence-electron chi connectivity index (χ3n) is 4.84. The van der Waals surface area contributed by atoms with Crippen molar-refractivity contribution < 1.29 is 13.9 Å². The summed E-state index contributed by atoms with van der Waals surface area (Å²) >= 11 is 0. The van der Waals surface area contributed by atoms with Crippen LogP contribution in [0.3, 0.4) is 0 Å². The molecule has 0 aromatic carbocycles. The normalized spacial score (nSPS) is 12.8. The van der Waals surface area contributed by atoms with Gasteiger partial charge in [-0.15, -0.1) is 0 Å². The van der Waals surface area contributed by atoms with Gasteiger partial charge in [0.25, 0.3) is 0 Å². The number of carbonyl (C=O) groups excluding carboxylic acids is 1. The molecule has 3 aromatic heterocycles. The van der Waals surface area contributed by atoms with E-state index in [1.807, 2.05) is 0 Å². The van der Waals surface area contributed by atoms with Gasteiger partial charge in [0.2, 0.25) is 5.91 Å². The van der Waals surface area contributed by atoms with Gasteiger partial charge < -0.3 is 15.4 Å². The molecule has 4 rings (SSSR count). The van der Waals surface area contributed by atoms with Crippen LogP contribution in [0.25, 0.3) is 10.8 Å². The third-order valence-corrected chi connectivity index (χ3v) is 4.84. The molecule has 0 atom stereocenters. The molecule has 1 saturated carbocycles. The van der Waals surface area contributed by atoms with E-state index in [4.69, 9.17) is 4.74 Å². The van der Waals surface area contributed by atoms with Crippen LogP contribution in [0.5, 0.6) is 5.75 Å². The van der Waals surface area contributed by atoms with E-state index in [9.17, 15) is 9.18 Å². The van der Waals surface area contributed by atoms with Crippen LogP contribution < -0.4 is 15.4 Å². The Balaban J connectivity index is 1.75. The van der Waals surface area contributed by atoms with Gasteiger partial charge in [0.15, 0.2) is 0 Å². The van der Waals surface area contributed by atoms with Gasteiger partial charge in [0.1, 0.15) is 29.8 Å². The second-order valence-electron chi connectivity index (χ2n) is 6.92. The molecular formula is C22H20FN5O2. The average Bonchev–Trinajstić information content (AvgIpc) is 3.63. The Morgan fingerprint density at radius 3 is 2.70 bits per heavy atom. The maximum Gasteiger partial charge on any atom is 0.228 e. The molecule has 0 radical (unpaired) electrons. The number of nitrogens with one attached hydrogen (secondary N) is 2. The molecule has 0 spiro atoms. The Kier molecular flexibility index (Phi) is 5.44. The minimum atomic E-state index is -0.701. The molecule has 3 heterocycles. The fraction of sp³-hybridized carbons (Fsp3) is 0.273. The molecular weight excluding hydrogens is 385 g/mol. The number of rotatable bonds is 5. The molecule has 3 aromatic rings. The number of pyridine rings is 3. The summed E-state index contributed by atoms with van der Waals surface area (Å²) in [5, 5.41) is 7.42. The highest BCUT2D eigenvalue weighted by molar-refractivity contribution is 5.99. The molecule has 0 saturated heterocycles. The second kappa shape index (κ2) is 8.33. The summed E-state index contributed by atoms with van der Waals surface area (Å²) < 4.78 is 18.5. The molecule has 0 bridgehead atoms. The number of amides is 1. The Morgan fingerprint density at radius 1 is 1.17 bits per heavy atom. The quantitative estimate of drug-likeness (QED) is 0.633. The Bertz CT molecular complexity index is 1180. The van der Waals surface area contributed by atoms with Crippen LogP contribution in [-0.4, -0.2) is 35.0 Å². The van der Waals surface area contributed by atoms with Gasteiger partial charge in [0, 0.05) is 41.7 Å². The lowest BCUT2D eigenvalue weighted by Gasteiger charge is -2.09. The highest BCUT2D eigenvalue weighted by Gasteiger charge is 2.29. The fourth-order valence-electron chi connectivity index (χ4n) is 3.02. The van der Waals surface area contributed by atoms with Gasteiger partial charge in [0.05, 0.1) is 18.9 Å². The van der Waals surface area contributed by atoms with Crippen LogP contribution in [0, 0.1) is 17.8 Å². The first-order valence-electron chi connectivity index (χ1n) is 9.51. The van der Waals surface area contributed by atoms with Crippen molar-refractivity contribution in [3.63, 3.8) is 0 Å². The monoisotopic (exact) mass is 405 g/mol. The summed E-state index contributed by atoms with van der Waals surface area (Å²) in [6, 6.07) is 3.35. The summed E-state index contributed by atoms with van der Waals surface area (Å²) in [5.41, 5.74) is 1.31. The van der Waals surface area contributed by atoms with E-state index in [1.54, 1.807) is 31.6 Å². The first-order valence-corrected chi connectivity index (χ1v) is 9.51. The summed E-state index contributed by atoms with van der Waals surface area (Å²) in [5.74, 6) is 7.59. The highest BCUT2D eigenvalue weighted by atomic mass is 19.1. The SMILES string of the molecule is CNc1ncc(C#Cc2ncc(OC)cc2CF)c2cc(NC(=O)C3CC3)ncc12. The predicted molar refractivity (Wildman–Crippen MR) is 112 cm³/mol. The van der Waals surface area contributed by atoms with E-state index in [2.05, 4.69) is 37.4 Å². The van der Waals surface area contributed by atoms with Crippen molar-refractivity contribution >= 4 is 28.3 Å². The number of halogens is 1. The lowest BCUT2D eigenvalue weighted by atomic mass is 10.1. The molecule has 1 aliphatic carbocycles. The Labute approximate surface area is 173 Å². The molecule has 1 aliphatic rings. The second-order valence-corrected chi connectivity index (χ2v) is 6.92. The van der Waals surface area contributed by atoms with Crippen molar-refractivity contribution in [2.45, 2.75) is 19.5 Å². The van der Waals surface area contributed by atoms with E-state index in [-0.39, 0.29) is 11.8 Å². The first-order chi connectivity index (χ1) is 14.6. The number of hydrogen-bond donors (Lipinski definition) is 2. The topological polar surface area (TPSA) is 89.0 Å². The number of ether oxygens (including phenoxy) is 1. The predicted octanol–water partition coefficient (Wildman–Crippen LogP) is 3.29. The Hall–Kier alpha value is -3.73. The number of anilines is 2. The summed E-state index contributed by atoms with van der Waals surface area (Å²) in [4.78, 5) is 25.0. The molecule has 30 heavy (non-hydrogen) atoms. The van der Waals surface area contributed by atoms with Gasteiger partial charge in [-0.3, -0.25) is 4.79 Å². The van der Waals surface area contributed by atoms with Crippen molar-refractivity contribution in [1.29, 1.82) is 0 Å². The lowest BCUT2D eigenvalue weighted by molar-refractivity contribution is -0.117. The Morgan fingerprint density at radius 2 is 2.00 bits per heavy atom. The van der Waals surface area contributed by atoms with Crippen LogP contribution >= 0.6 is 0 Å². The van der Waals surface area contributed by atoms with Crippen LogP contribution in [-0.2, 0) is 11.5 Å². The van der Waals surface area contributed by atoms with Crippen LogP contribution in [0.15, 0.2) is 30.7 Å². The zero-order valence-corrected chi connectivity index (χ0v) is 16.6. The van der Waals surface area contributed by atoms with Crippen LogP contribution in [0.4, 0.5) is 16.0 Å². The fourth-order valence-corrected chi connectivity index (χ4v) is 3.02. The van der Waals surface area contributed by atoms with Crippen molar-refractivity contribution in [3.05, 3.63) is 47.5 Å². The van der Waals surface area contributed by atoms with Crippen molar-refractivity contribution in [2.75, 3.05) is 24.8 Å². The van der Waals surface area contributed by atoms with Gasteiger partial charge >= 0.3 is 0 Å². The zero-order valence-electron chi connectivity index (χ0n) is 16.6. The molecule has 1 amide bonds. The van der Waals surface area contributed by atoms with Gasteiger partial charge in [-0.1, -0.05) is 5.92 Å². The molecule has 0 aliphatic heterocycles. The van der Waals surface area contributed by atoms with Crippen molar-refractivity contribution in [2.24, 2.45) is 5.92 Å². The van der Waals surface area contributed by atoms with E-state index in [0.29, 0.717) is 34.2 Å². The standard InChI is InChI=1S/C22H20FN5O2/c1-24-21-18-12-26-20(28-22(29)13-3-4-13)8-17(18)14(10-27-21)5-6-19-15(9-23)7-16(30-2)11-25-19/h7-8,10-13H,3-4,9H2,1-2H3,(H,24,27)(H,26,28,29). The minimum Gasteiger partial charge on any atom is -0.495 e. The van der Waals surface area contributed by atoms with E-state index in [1.165, 1.54) is 13.3 Å². The number of aromatic nitrogens is 3. The van der Waals surface area contributed by atoms with Crippen molar-refractivity contribution in [1.82, 2.24) is 15.0 Å². The molecule has 2 N–H and O–H groups in total. The van der Waals surface area contributed by atoms with Gasteiger partial charge in [-0.05, 0) is 30.9 Å². The summed E-state index contributed by atoms with van der Waals surface area (Å²) in [7, 11) is 3.27. The third kappa shape index (κ3) is 4.01. The first kappa shape index (κ1) is 19.6. The largest absolute Gasteiger partial charge is 0.495 e. The van der Waals surface area contributed by atoms with Crippen LogP contribution in [0.2, 0.25) is 0 Å². The number of methoxy groups -OCH3 is 1. The highest BCUT2D eigenvalue weighted by Crippen LogP contribution is 2.31. The molecule has 7 nitrogen and oxygen atoms in total. The number of fused-ring (bicyclic) bond motifs is 1. The van der Waals surface area contributed by atoms with Gasteiger partial charge in [-0.25, -0.2) is 19.3 Å². The van der Waals surface area contributed by atoms with Gasteiger partial charge in [-0.2, -0.15) is 0 Å². The number of alkyl halides is 1. The summed E-state index contributed by atoms with van der Waals surface area (Å²) in [6.07, 6.45) is 6.61. The molecule has 152 valence electrons. The number of carbonyl (C=O) groups is 1. The van der Waals surface area contributed by atoms with E-state index in [0.717, 1.165) is 23.6 Å². The summed E-state index contributed by atoms with van der Waals surface area (Å²) in [6.45, 7) is -0.701.